The molecule has 2 aromatic heterocycles. The van der Waals surface area contributed by atoms with E-state index in [1.807, 2.05) is 24.4 Å². The Morgan fingerprint density at radius 1 is 1.19 bits per heavy atom. The van der Waals surface area contributed by atoms with Crippen LogP contribution in [0.25, 0.3) is 5.82 Å². The van der Waals surface area contributed by atoms with Crippen LogP contribution in [0.5, 0.6) is 0 Å². The molecule has 5 rings (SSSR count). The SMILES string of the molecule is O=C(NCc1cccnc1-n1cccn1)[C@@H]1C[C@@]12CCc1ccccc12. The number of benzene rings is 1. The zero-order valence-corrected chi connectivity index (χ0v) is 14.4. The average Bonchev–Trinajstić information content (AvgIpc) is 3.02. The summed E-state index contributed by atoms with van der Waals surface area (Å²) in [7, 11) is 0. The summed E-state index contributed by atoms with van der Waals surface area (Å²) in [5.41, 5.74) is 3.85. The van der Waals surface area contributed by atoms with Crippen molar-refractivity contribution in [1.82, 2.24) is 20.1 Å². The fourth-order valence-corrected chi connectivity index (χ4v) is 4.41. The van der Waals surface area contributed by atoms with Crippen molar-refractivity contribution < 1.29 is 4.79 Å². The number of pyridine rings is 1. The highest BCUT2D eigenvalue weighted by Crippen LogP contribution is 2.61. The number of hydrogen-bond acceptors (Lipinski definition) is 3. The third kappa shape index (κ3) is 2.35. The molecule has 130 valence electrons. The minimum absolute atomic E-state index is 0.0838. The van der Waals surface area contributed by atoms with Gasteiger partial charge >= 0.3 is 0 Å². The maximum atomic E-state index is 12.8. The molecule has 0 aliphatic heterocycles. The Balaban J connectivity index is 1.31. The molecule has 0 radical (unpaired) electrons. The second-order valence-electron chi connectivity index (χ2n) is 7.22. The van der Waals surface area contributed by atoms with Crippen molar-refractivity contribution in [2.75, 3.05) is 0 Å². The normalized spacial score (nSPS) is 23.0. The van der Waals surface area contributed by atoms with Crippen molar-refractivity contribution >= 4 is 5.91 Å². The predicted octanol–water partition coefficient (Wildman–Crippen LogP) is 2.79. The number of carbonyl (C=O) groups excluding carboxylic acids is 1. The number of fused-ring (bicyclic) bond motifs is 2. The van der Waals surface area contributed by atoms with E-state index >= 15 is 0 Å². The summed E-state index contributed by atoms with van der Waals surface area (Å²) in [5.74, 6) is 1.00. The minimum Gasteiger partial charge on any atom is -0.352 e. The van der Waals surface area contributed by atoms with Gasteiger partial charge in [-0.1, -0.05) is 30.3 Å². The number of nitrogens with one attached hydrogen (secondary N) is 1. The highest BCUT2D eigenvalue weighted by atomic mass is 16.2. The van der Waals surface area contributed by atoms with Gasteiger partial charge in [0.25, 0.3) is 0 Å². The van der Waals surface area contributed by atoms with Crippen LogP contribution in [0.2, 0.25) is 0 Å². The molecule has 2 aliphatic rings. The summed E-state index contributed by atoms with van der Waals surface area (Å²) in [6.45, 7) is 0.468. The molecule has 2 atom stereocenters. The van der Waals surface area contributed by atoms with Crippen LogP contribution in [-0.2, 0) is 23.2 Å². The van der Waals surface area contributed by atoms with Gasteiger partial charge in [0.1, 0.15) is 0 Å². The van der Waals surface area contributed by atoms with E-state index in [1.54, 1.807) is 17.1 Å². The minimum atomic E-state index is 0.0838. The van der Waals surface area contributed by atoms with E-state index in [0.29, 0.717) is 6.54 Å². The van der Waals surface area contributed by atoms with Gasteiger partial charge in [-0.3, -0.25) is 4.79 Å². The summed E-state index contributed by atoms with van der Waals surface area (Å²) in [6, 6.07) is 14.3. The van der Waals surface area contributed by atoms with Gasteiger partial charge in [-0.15, -0.1) is 0 Å². The molecule has 5 heteroatoms. The van der Waals surface area contributed by atoms with Crippen molar-refractivity contribution in [3.63, 3.8) is 0 Å². The molecule has 0 saturated heterocycles. The lowest BCUT2D eigenvalue weighted by atomic mass is 9.95. The monoisotopic (exact) mass is 344 g/mol. The van der Waals surface area contributed by atoms with Crippen LogP contribution in [0, 0.1) is 5.92 Å². The first-order valence-corrected chi connectivity index (χ1v) is 9.08. The third-order valence-corrected chi connectivity index (χ3v) is 5.83. The summed E-state index contributed by atoms with van der Waals surface area (Å²) in [5, 5.41) is 7.37. The van der Waals surface area contributed by atoms with Gasteiger partial charge < -0.3 is 5.32 Å². The van der Waals surface area contributed by atoms with E-state index in [4.69, 9.17) is 0 Å². The van der Waals surface area contributed by atoms with Gasteiger partial charge in [-0.25, -0.2) is 9.67 Å². The first-order valence-electron chi connectivity index (χ1n) is 9.08. The molecule has 0 unspecified atom stereocenters. The fourth-order valence-electron chi connectivity index (χ4n) is 4.41. The molecule has 2 heterocycles. The first kappa shape index (κ1) is 15.3. The van der Waals surface area contributed by atoms with Gasteiger partial charge in [-0.05, 0) is 42.5 Å². The van der Waals surface area contributed by atoms with Crippen molar-refractivity contribution in [3.8, 4) is 5.82 Å². The molecule has 1 fully saturated rings. The van der Waals surface area contributed by atoms with E-state index < -0.39 is 0 Å². The molecule has 1 aromatic carbocycles. The van der Waals surface area contributed by atoms with Crippen LogP contribution in [0.1, 0.15) is 29.5 Å². The van der Waals surface area contributed by atoms with Crippen molar-refractivity contribution in [2.45, 2.75) is 31.2 Å². The molecule has 5 nitrogen and oxygen atoms in total. The van der Waals surface area contributed by atoms with Crippen LogP contribution in [0.15, 0.2) is 61.1 Å². The largest absolute Gasteiger partial charge is 0.352 e. The zero-order valence-electron chi connectivity index (χ0n) is 14.4. The summed E-state index contributed by atoms with van der Waals surface area (Å²) < 4.78 is 1.73. The van der Waals surface area contributed by atoms with Crippen LogP contribution in [-0.4, -0.2) is 20.7 Å². The smallest absolute Gasteiger partial charge is 0.224 e. The fraction of sp³-hybridized carbons (Fsp3) is 0.286. The summed E-state index contributed by atoms with van der Waals surface area (Å²) in [4.78, 5) is 17.2. The Morgan fingerprint density at radius 3 is 3.00 bits per heavy atom. The van der Waals surface area contributed by atoms with Crippen LogP contribution in [0.4, 0.5) is 0 Å². The van der Waals surface area contributed by atoms with Gasteiger partial charge in [0.15, 0.2) is 5.82 Å². The van der Waals surface area contributed by atoms with Crippen LogP contribution in [0.3, 0.4) is 0 Å². The van der Waals surface area contributed by atoms with Crippen molar-refractivity contribution in [3.05, 3.63) is 77.7 Å². The number of hydrogen-bond donors (Lipinski definition) is 1. The van der Waals surface area contributed by atoms with E-state index in [2.05, 4.69) is 39.7 Å². The standard InChI is InChI=1S/C21H20N4O/c26-20(18-13-21(18)9-8-15-5-1-2-7-17(15)21)23-14-16-6-3-10-22-19(16)25-12-4-11-24-25/h1-7,10-12,18H,8-9,13-14H2,(H,23,26)/t18-,21+/m0/s1. The van der Waals surface area contributed by atoms with Crippen LogP contribution >= 0.6 is 0 Å². The van der Waals surface area contributed by atoms with E-state index in [-0.39, 0.29) is 17.2 Å². The molecule has 26 heavy (non-hydrogen) atoms. The lowest BCUT2D eigenvalue weighted by Crippen LogP contribution is -2.28. The molecule has 1 N–H and O–H groups in total. The van der Waals surface area contributed by atoms with Crippen molar-refractivity contribution in [1.29, 1.82) is 0 Å². The maximum Gasteiger partial charge on any atom is 0.224 e. The molecule has 3 aromatic rings. The van der Waals surface area contributed by atoms with Gasteiger partial charge in [0.2, 0.25) is 5.91 Å². The van der Waals surface area contributed by atoms with Gasteiger partial charge in [0.05, 0.1) is 0 Å². The molecular weight excluding hydrogens is 324 g/mol. The van der Waals surface area contributed by atoms with Gasteiger partial charge in [0, 0.05) is 42.0 Å². The molecule has 1 spiro atoms. The second kappa shape index (κ2) is 5.80. The summed E-state index contributed by atoms with van der Waals surface area (Å²) in [6.07, 6.45) is 8.48. The third-order valence-electron chi connectivity index (χ3n) is 5.83. The quantitative estimate of drug-likeness (QED) is 0.792. The molecule has 1 saturated carbocycles. The molecule has 2 aliphatic carbocycles. The van der Waals surface area contributed by atoms with E-state index in [0.717, 1.165) is 30.6 Å². The number of rotatable bonds is 4. The molecular formula is C21H20N4O. The summed E-state index contributed by atoms with van der Waals surface area (Å²) >= 11 is 0. The Bertz CT molecular complexity index is 966. The zero-order chi connectivity index (χ0) is 17.6. The number of aryl methyl sites for hydroxylation is 1. The average molecular weight is 344 g/mol. The predicted molar refractivity (Wildman–Crippen MR) is 97.8 cm³/mol. The van der Waals surface area contributed by atoms with Crippen LogP contribution < -0.4 is 5.32 Å². The van der Waals surface area contributed by atoms with E-state index in [1.165, 1.54) is 11.1 Å². The highest BCUT2D eigenvalue weighted by Gasteiger charge is 2.61. The number of amides is 1. The topological polar surface area (TPSA) is 59.8 Å². The Hall–Kier alpha value is -2.95. The lowest BCUT2D eigenvalue weighted by Gasteiger charge is -2.13. The maximum absolute atomic E-state index is 12.8. The molecule has 1 amide bonds. The van der Waals surface area contributed by atoms with Crippen molar-refractivity contribution in [2.24, 2.45) is 5.92 Å². The Kier molecular flexibility index (Phi) is 3.42. The molecule has 0 bridgehead atoms. The number of nitrogens with zero attached hydrogens (tertiary/aromatic N) is 3. The van der Waals surface area contributed by atoms with Gasteiger partial charge in [-0.2, -0.15) is 5.10 Å². The lowest BCUT2D eigenvalue weighted by molar-refractivity contribution is -0.122. The number of carbonyl (C=O) groups is 1. The second-order valence-corrected chi connectivity index (χ2v) is 7.22. The number of aromatic nitrogens is 3. The highest BCUT2D eigenvalue weighted by molar-refractivity contribution is 5.85. The van der Waals surface area contributed by atoms with E-state index in [9.17, 15) is 4.79 Å². The Labute approximate surface area is 152 Å². The first-order chi connectivity index (χ1) is 12.8. The Morgan fingerprint density at radius 2 is 2.12 bits per heavy atom.